The molecule has 0 N–H and O–H groups in total. The van der Waals surface area contributed by atoms with E-state index in [1.165, 1.54) is 6.08 Å². The molecule has 21 heavy (non-hydrogen) atoms. The van der Waals surface area contributed by atoms with Gasteiger partial charge in [0.15, 0.2) is 11.5 Å². The van der Waals surface area contributed by atoms with E-state index in [0.29, 0.717) is 13.2 Å². The average molecular weight is 292 g/mol. The Morgan fingerprint density at radius 3 is 2.52 bits per heavy atom. The van der Waals surface area contributed by atoms with Crippen LogP contribution in [0.3, 0.4) is 0 Å². The first kappa shape index (κ1) is 17.1. The minimum absolute atomic E-state index is 0.357. The molecule has 0 aliphatic carbocycles. The maximum absolute atomic E-state index is 10.8. The summed E-state index contributed by atoms with van der Waals surface area (Å²) in [4.78, 5) is 10.8. The minimum atomic E-state index is -0.357. The van der Waals surface area contributed by atoms with Crippen molar-refractivity contribution in [3.8, 4) is 11.5 Å². The zero-order valence-corrected chi connectivity index (χ0v) is 12.9. The molecule has 1 aromatic rings. The van der Waals surface area contributed by atoms with Crippen LogP contribution in [0.1, 0.15) is 31.2 Å². The Labute approximate surface area is 126 Å². The van der Waals surface area contributed by atoms with Crippen molar-refractivity contribution in [1.82, 2.24) is 0 Å². The summed E-state index contributed by atoms with van der Waals surface area (Å²) in [6, 6.07) is 5.90. The van der Waals surface area contributed by atoms with Gasteiger partial charge in [-0.25, -0.2) is 4.79 Å². The highest BCUT2D eigenvalue weighted by Crippen LogP contribution is 2.27. The van der Waals surface area contributed by atoms with Crippen LogP contribution in [0.5, 0.6) is 11.5 Å². The fourth-order valence-electron chi connectivity index (χ4n) is 1.87. The van der Waals surface area contributed by atoms with Crippen molar-refractivity contribution in [2.75, 3.05) is 20.3 Å². The Kier molecular flexibility index (Phi) is 8.02. The number of aryl methyl sites for hydroxylation is 1. The topological polar surface area (TPSA) is 44.8 Å². The molecular weight excluding hydrogens is 268 g/mol. The molecule has 0 spiro atoms. The number of carbonyl (C=O) groups is 1. The molecule has 0 bridgehead atoms. The molecule has 0 fully saturated rings. The summed E-state index contributed by atoms with van der Waals surface area (Å²) < 4.78 is 15.9. The van der Waals surface area contributed by atoms with E-state index < -0.39 is 0 Å². The lowest BCUT2D eigenvalue weighted by molar-refractivity contribution is -0.137. The molecule has 0 radical (unpaired) electrons. The quantitative estimate of drug-likeness (QED) is 0.375. The molecule has 4 heteroatoms. The number of esters is 1. The predicted octanol–water partition coefficient (Wildman–Crippen LogP) is 3.67. The van der Waals surface area contributed by atoms with E-state index >= 15 is 0 Å². The van der Waals surface area contributed by atoms with Crippen molar-refractivity contribution in [3.05, 3.63) is 36.4 Å². The SMILES string of the molecule is C=CC(=O)OCCCCCCOc1ccc(C)cc1OC. The van der Waals surface area contributed by atoms with Crippen molar-refractivity contribution in [3.63, 3.8) is 0 Å². The Morgan fingerprint density at radius 2 is 1.86 bits per heavy atom. The zero-order chi connectivity index (χ0) is 15.5. The summed E-state index contributed by atoms with van der Waals surface area (Å²) in [7, 11) is 1.65. The second kappa shape index (κ2) is 9.86. The molecule has 116 valence electrons. The molecule has 0 aliphatic heterocycles. The summed E-state index contributed by atoms with van der Waals surface area (Å²) in [6.07, 6.45) is 5.07. The van der Waals surface area contributed by atoms with Gasteiger partial charge in [0, 0.05) is 6.08 Å². The van der Waals surface area contributed by atoms with Crippen LogP contribution in [0.2, 0.25) is 0 Å². The Balaban J connectivity index is 2.12. The van der Waals surface area contributed by atoms with Crippen LogP contribution >= 0.6 is 0 Å². The summed E-state index contributed by atoms with van der Waals surface area (Å²) in [5.74, 6) is 1.19. The van der Waals surface area contributed by atoms with Gasteiger partial charge in [0.1, 0.15) is 0 Å². The lowest BCUT2D eigenvalue weighted by Crippen LogP contribution is -2.02. The highest BCUT2D eigenvalue weighted by molar-refractivity contribution is 5.81. The maximum atomic E-state index is 10.8. The molecule has 0 aromatic heterocycles. The van der Waals surface area contributed by atoms with Crippen LogP contribution in [-0.4, -0.2) is 26.3 Å². The molecule has 0 heterocycles. The van der Waals surface area contributed by atoms with Crippen LogP contribution in [0.4, 0.5) is 0 Å². The molecule has 0 amide bonds. The number of hydrogen-bond donors (Lipinski definition) is 0. The monoisotopic (exact) mass is 292 g/mol. The van der Waals surface area contributed by atoms with Crippen molar-refractivity contribution >= 4 is 5.97 Å². The van der Waals surface area contributed by atoms with Gasteiger partial charge in [-0.1, -0.05) is 12.6 Å². The van der Waals surface area contributed by atoms with Crippen LogP contribution in [0, 0.1) is 6.92 Å². The van der Waals surface area contributed by atoms with E-state index in [0.717, 1.165) is 42.7 Å². The van der Waals surface area contributed by atoms with Crippen molar-refractivity contribution in [1.29, 1.82) is 0 Å². The van der Waals surface area contributed by atoms with Crippen LogP contribution in [0.25, 0.3) is 0 Å². The third kappa shape index (κ3) is 6.84. The number of carbonyl (C=O) groups excluding carboxylic acids is 1. The predicted molar refractivity (Wildman–Crippen MR) is 82.9 cm³/mol. The van der Waals surface area contributed by atoms with E-state index in [9.17, 15) is 4.79 Å². The van der Waals surface area contributed by atoms with Gasteiger partial charge in [-0.3, -0.25) is 0 Å². The van der Waals surface area contributed by atoms with E-state index in [4.69, 9.17) is 14.2 Å². The van der Waals surface area contributed by atoms with Crippen LogP contribution in [0.15, 0.2) is 30.9 Å². The summed E-state index contributed by atoms with van der Waals surface area (Å²) in [5.41, 5.74) is 1.15. The highest BCUT2D eigenvalue weighted by atomic mass is 16.5. The maximum Gasteiger partial charge on any atom is 0.330 e. The van der Waals surface area contributed by atoms with Gasteiger partial charge < -0.3 is 14.2 Å². The normalized spacial score (nSPS) is 10.0. The average Bonchev–Trinajstić information content (AvgIpc) is 2.50. The highest BCUT2D eigenvalue weighted by Gasteiger charge is 2.03. The van der Waals surface area contributed by atoms with Gasteiger partial charge in [0.25, 0.3) is 0 Å². The number of rotatable bonds is 10. The fourth-order valence-corrected chi connectivity index (χ4v) is 1.87. The summed E-state index contributed by atoms with van der Waals surface area (Å²) >= 11 is 0. The smallest absolute Gasteiger partial charge is 0.330 e. The number of ether oxygens (including phenoxy) is 3. The zero-order valence-electron chi connectivity index (χ0n) is 12.9. The van der Waals surface area contributed by atoms with Gasteiger partial charge in [0.05, 0.1) is 20.3 Å². The standard InChI is InChI=1S/C17H24O4/c1-4-17(18)21-12-8-6-5-7-11-20-15-10-9-14(2)13-16(15)19-3/h4,9-10,13H,1,5-8,11-12H2,2-3H3. The van der Waals surface area contributed by atoms with Crippen LogP contribution in [-0.2, 0) is 9.53 Å². The van der Waals surface area contributed by atoms with Crippen molar-refractivity contribution < 1.29 is 19.0 Å². The third-order valence-electron chi connectivity index (χ3n) is 3.03. The lowest BCUT2D eigenvalue weighted by Gasteiger charge is -2.11. The van der Waals surface area contributed by atoms with Crippen molar-refractivity contribution in [2.45, 2.75) is 32.6 Å². The molecule has 0 aliphatic rings. The minimum Gasteiger partial charge on any atom is -0.493 e. The van der Waals surface area contributed by atoms with E-state index in [1.54, 1.807) is 7.11 Å². The molecule has 4 nitrogen and oxygen atoms in total. The van der Waals surface area contributed by atoms with Gasteiger partial charge in [0.2, 0.25) is 0 Å². The Morgan fingerprint density at radius 1 is 1.14 bits per heavy atom. The molecule has 0 unspecified atom stereocenters. The first-order chi connectivity index (χ1) is 10.2. The van der Waals surface area contributed by atoms with Gasteiger partial charge in [-0.2, -0.15) is 0 Å². The second-order valence-corrected chi connectivity index (χ2v) is 4.79. The van der Waals surface area contributed by atoms with E-state index in [-0.39, 0.29) is 5.97 Å². The molecule has 0 saturated carbocycles. The number of hydrogen-bond acceptors (Lipinski definition) is 4. The largest absolute Gasteiger partial charge is 0.493 e. The second-order valence-electron chi connectivity index (χ2n) is 4.79. The van der Waals surface area contributed by atoms with E-state index in [1.807, 2.05) is 25.1 Å². The summed E-state index contributed by atoms with van der Waals surface area (Å²) in [5, 5.41) is 0. The molecule has 1 aromatic carbocycles. The molecule has 0 atom stereocenters. The number of methoxy groups -OCH3 is 1. The molecule has 1 rings (SSSR count). The molecule has 0 saturated heterocycles. The van der Waals surface area contributed by atoms with E-state index in [2.05, 4.69) is 6.58 Å². The number of benzene rings is 1. The lowest BCUT2D eigenvalue weighted by atomic mass is 10.2. The Bertz CT molecular complexity index is 454. The first-order valence-corrected chi connectivity index (χ1v) is 7.24. The van der Waals surface area contributed by atoms with Gasteiger partial charge in [-0.05, 0) is 50.3 Å². The summed E-state index contributed by atoms with van der Waals surface area (Å²) in [6.45, 7) is 6.48. The number of unbranched alkanes of at least 4 members (excludes halogenated alkanes) is 3. The fraction of sp³-hybridized carbons (Fsp3) is 0.471. The van der Waals surface area contributed by atoms with Crippen molar-refractivity contribution in [2.24, 2.45) is 0 Å². The Hall–Kier alpha value is -1.97. The van der Waals surface area contributed by atoms with Crippen LogP contribution < -0.4 is 9.47 Å². The third-order valence-corrected chi connectivity index (χ3v) is 3.03. The van der Waals surface area contributed by atoms with Gasteiger partial charge >= 0.3 is 5.97 Å². The first-order valence-electron chi connectivity index (χ1n) is 7.24. The van der Waals surface area contributed by atoms with Gasteiger partial charge in [-0.15, -0.1) is 0 Å². The molecular formula is C17H24O4.